The van der Waals surface area contributed by atoms with Crippen molar-refractivity contribution >= 4 is 41.3 Å². The molecule has 0 aromatic carbocycles. The fourth-order valence-electron chi connectivity index (χ4n) is 2.45. The molecule has 3 aromatic rings. The molecule has 0 aliphatic rings. The quantitative estimate of drug-likeness (QED) is 0.254. The number of oxazole rings is 1. The molecule has 3 rings (SSSR count). The number of guanidine groups is 1. The van der Waals surface area contributed by atoms with E-state index in [1.807, 2.05) is 31.5 Å². The molecule has 1 unspecified atom stereocenters. The Morgan fingerprint density at radius 2 is 2.25 bits per heavy atom. The third kappa shape index (κ3) is 5.79. The van der Waals surface area contributed by atoms with Gasteiger partial charge < -0.3 is 20.2 Å². The summed E-state index contributed by atoms with van der Waals surface area (Å²) >= 11 is 1.58. The molecule has 0 aliphatic heterocycles. The van der Waals surface area contributed by atoms with E-state index >= 15 is 0 Å². The zero-order valence-electron chi connectivity index (χ0n) is 16.0. The second-order valence-corrected chi connectivity index (χ2v) is 7.29. The number of aromatic nitrogens is 3. The zero-order valence-corrected chi connectivity index (χ0v) is 19.2. The fourth-order valence-corrected chi connectivity index (χ4v) is 3.11. The van der Waals surface area contributed by atoms with Gasteiger partial charge in [0.15, 0.2) is 5.96 Å². The number of halogens is 1. The van der Waals surface area contributed by atoms with Gasteiger partial charge in [0.2, 0.25) is 5.89 Å². The van der Waals surface area contributed by atoms with Gasteiger partial charge in [-0.25, -0.2) is 9.98 Å². The van der Waals surface area contributed by atoms with Gasteiger partial charge in [-0.3, -0.25) is 4.68 Å². The van der Waals surface area contributed by atoms with Crippen LogP contribution in [0.5, 0.6) is 0 Å². The van der Waals surface area contributed by atoms with Gasteiger partial charge in [0.25, 0.3) is 0 Å². The number of nitrogens with one attached hydrogen (secondary N) is 2. The van der Waals surface area contributed by atoms with Gasteiger partial charge >= 0.3 is 0 Å². The first-order valence-electron chi connectivity index (χ1n) is 8.70. The van der Waals surface area contributed by atoms with E-state index in [1.165, 1.54) is 0 Å². The van der Waals surface area contributed by atoms with Crippen LogP contribution < -0.4 is 10.6 Å². The normalized spacial score (nSPS) is 13.6. The van der Waals surface area contributed by atoms with Gasteiger partial charge in [-0.1, -0.05) is 6.07 Å². The standard InChI is InChI=1S/C18H24N6O2S.HI/c1-4-19-17(21-12-18(2,25)13-8-22-24(3)10-13)20-9-14-11-26-16(23-14)15-6-5-7-27-15;/h5-8,10-11,25H,4,9,12H2,1-3H3,(H2,19,20,21);1H. The number of aryl methyl sites for hydroxylation is 1. The summed E-state index contributed by atoms with van der Waals surface area (Å²) in [4.78, 5) is 9.98. The topological polar surface area (TPSA) is 100 Å². The maximum absolute atomic E-state index is 10.7. The van der Waals surface area contributed by atoms with Crippen molar-refractivity contribution in [1.82, 2.24) is 25.4 Å². The lowest BCUT2D eigenvalue weighted by Crippen LogP contribution is -2.44. The van der Waals surface area contributed by atoms with Crippen LogP contribution in [0.25, 0.3) is 10.8 Å². The molecule has 0 fully saturated rings. The molecule has 0 bridgehead atoms. The van der Waals surface area contributed by atoms with E-state index in [0.717, 1.165) is 16.1 Å². The first-order valence-corrected chi connectivity index (χ1v) is 9.58. The predicted octanol–water partition coefficient (Wildman–Crippen LogP) is 2.72. The molecule has 0 amide bonds. The highest BCUT2D eigenvalue weighted by atomic mass is 127. The van der Waals surface area contributed by atoms with Gasteiger partial charge in [-0.15, -0.1) is 35.3 Å². The number of rotatable bonds is 7. The van der Waals surface area contributed by atoms with E-state index in [0.29, 0.717) is 31.5 Å². The Bertz CT molecular complexity index is 888. The maximum Gasteiger partial charge on any atom is 0.236 e. The molecule has 0 radical (unpaired) electrons. The highest BCUT2D eigenvalue weighted by Crippen LogP contribution is 2.23. The summed E-state index contributed by atoms with van der Waals surface area (Å²) < 4.78 is 7.18. The third-order valence-electron chi connectivity index (χ3n) is 3.95. The van der Waals surface area contributed by atoms with Crippen molar-refractivity contribution in [2.45, 2.75) is 26.0 Å². The fraction of sp³-hybridized carbons (Fsp3) is 0.389. The van der Waals surface area contributed by atoms with Gasteiger partial charge in [0.1, 0.15) is 17.6 Å². The minimum absolute atomic E-state index is 0. The van der Waals surface area contributed by atoms with E-state index < -0.39 is 5.60 Å². The largest absolute Gasteiger partial charge is 0.443 e. The van der Waals surface area contributed by atoms with Crippen LogP contribution in [-0.2, 0) is 19.2 Å². The van der Waals surface area contributed by atoms with E-state index in [1.54, 1.807) is 41.6 Å². The average Bonchev–Trinajstić information content (AvgIpc) is 3.37. The van der Waals surface area contributed by atoms with E-state index in [9.17, 15) is 5.11 Å². The van der Waals surface area contributed by atoms with Crippen LogP contribution in [0.2, 0.25) is 0 Å². The van der Waals surface area contributed by atoms with Crippen LogP contribution >= 0.6 is 35.3 Å². The molecule has 0 aliphatic carbocycles. The van der Waals surface area contributed by atoms with Gasteiger partial charge in [-0.05, 0) is 25.3 Å². The highest BCUT2D eigenvalue weighted by molar-refractivity contribution is 14.0. The van der Waals surface area contributed by atoms with E-state index in [4.69, 9.17) is 4.42 Å². The van der Waals surface area contributed by atoms with Crippen molar-refractivity contribution in [3.8, 4) is 10.8 Å². The van der Waals surface area contributed by atoms with E-state index in [2.05, 4.69) is 25.7 Å². The van der Waals surface area contributed by atoms with Gasteiger partial charge in [0, 0.05) is 25.4 Å². The third-order valence-corrected chi connectivity index (χ3v) is 4.81. The Labute approximate surface area is 185 Å². The number of aliphatic imine (C=N–C) groups is 1. The number of aliphatic hydroxyl groups is 1. The lowest BCUT2D eigenvalue weighted by molar-refractivity contribution is 0.0616. The monoisotopic (exact) mass is 516 g/mol. The molecular formula is C18H25IN6O2S. The average molecular weight is 516 g/mol. The summed E-state index contributed by atoms with van der Waals surface area (Å²) in [6.07, 6.45) is 5.08. The molecule has 0 spiro atoms. The minimum Gasteiger partial charge on any atom is -0.443 e. The molecule has 10 heteroatoms. The molecule has 3 aromatic heterocycles. The molecular weight excluding hydrogens is 491 g/mol. The molecule has 28 heavy (non-hydrogen) atoms. The van der Waals surface area contributed by atoms with Crippen molar-refractivity contribution in [2.24, 2.45) is 12.0 Å². The van der Waals surface area contributed by atoms with Crippen LogP contribution in [0.1, 0.15) is 25.1 Å². The number of hydrogen-bond acceptors (Lipinski definition) is 6. The lowest BCUT2D eigenvalue weighted by Gasteiger charge is -2.23. The van der Waals surface area contributed by atoms with Crippen molar-refractivity contribution < 1.29 is 9.52 Å². The highest BCUT2D eigenvalue weighted by Gasteiger charge is 2.25. The predicted molar refractivity (Wildman–Crippen MR) is 121 cm³/mol. The maximum atomic E-state index is 10.7. The van der Waals surface area contributed by atoms with Crippen LogP contribution in [0, 0.1) is 0 Å². The summed E-state index contributed by atoms with van der Waals surface area (Å²) in [5, 5.41) is 23.1. The summed E-state index contributed by atoms with van der Waals surface area (Å²) in [5.41, 5.74) is 0.421. The van der Waals surface area contributed by atoms with Crippen LogP contribution in [-0.4, -0.2) is 38.9 Å². The molecule has 152 valence electrons. The second-order valence-electron chi connectivity index (χ2n) is 6.35. The van der Waals surface area contributed by atoms with Crippen LogP contribution in [0.4, 0.5) is 0 Å². The Morgan fingerprint density at radius 1 is 1.43 bits per heavy atom. The summed E-state index contributed by atoms with van der Waals surface area (Å²) in [7, 11) is 1.82. The van der Waals surface area contributed by atoms with Gasteiger partial charge in [0.05, 0.1) is 24.2 Å². The Kier molecular flexibility index (Phi) is 8.01. The summed E-state index contributed by atoms with van der Waals surface area (Å²) in [6, 6.07) is 3.93. The van der Waals surface area contributed by atoms with Crippen LogP contribution in [0.3, 0.4) is 0 Å². The van der Waals surface area contributed by atoms with Crippen molar-refractivity contribution in [1.29, 1.82) is 0 Å². The Hall–Kier alpha value is -1.92. The SMILES string of the molecule is CCNC(=NCc1coc(-c2cccs2)n1)NCC(C)(O)c1cnn(C)c1.I. The minimum atomic E-state index is -1.06. The van der Waals surface area contributed by atoms with Crippen molar-refractivity contribution in [3.05, 3.63) is 47.4 Å². The molecule has 3 heterocycles. The molecule has 1 atom stereocenters. The number of thiophene rings is 1. The lowest BCUT2D eigenvalue weighted by atomic mass is 10.00. The first-order chi connectivity index (χ1) is 13.0. The van der Waals surface area contributed by atoms with E-state index in [-0.39, 0.29) is 24.0 Å². The van der Waals surface area contributed by atoms with Crippen LogP contribution in [0.15, 0.2) is 45.6 Å². The summed E-state index contributed by atoms with van der Waals surface area (Å²) in [5.74, 6) is 1.20. The summed E-state index contributed by atoms with van der Waals surface area (Å²) in [6.45, 7) is 5.11. The Balaban J connectivity index is 0.00000280. The molecule has 0 saturated carbocycles. The first kappa shape index (κ1) is 22.4. The smallest absolute Gasteiger partial charge is 0.236 e. The zero-order chi connectivity index (χ0) is 19.3. The number of nitrogens with zero attached hydrogens (tertiary/aromatic N) is 4. The number of hydrogen-bond donors (Lipinski definition) is 3. The molecule has 8 nitrogen and oxygen atoms in total. The second kappa shape index (κ2) is 10.0. The molecule has 0 saturated heterocycles. The van der Waals surface area contributed by atoms with Crippen molar-refractivity contribution in [2.75, 3.05) is 13.1 Å². The van der Waals surface area contributed by atoms with Gasteiger partial charge in [-0.2, -0.15) is 5.10 Å². The Morgan fingerprint density at radius 3 is 2.89 bits per heavy atom. The molecule has 3 N–H and O–H groups in total. The van der Waals surface area contributed by atoms with Crippen molar-refractivity contribution in [3.63, 3.8) is 0 Å².